The van der Waals surface area contributed by atoms with Crippen molar-refractivity contribution in [1.82, 2.24) is 19.5 Å². The highest BCUT2D eigenvalue weighted by Crippen LogP contribution is 2.41. The molecule has 11 aromatic rings. The third-order valence-electron chi connectivity index (χ3n) is 10.1. The Kier molecular flexibility index (Phi) is 5.92. The number of fused-ring (bicyclic) bond motifs is 6. The first-order valence-corrected chi connectivity index (χ1v) is 18.9. The van der Waals surface area contributed by atoms with Crippen LogP contribution in [0.1, 0.15) is 11.0 Å². The molecule has 0 spiro atoms. The molecule has 0 unspecified atom stereocenters. The largest absolute Gasteiger partial charge is 0.309 e. The molecule has 0 saturated heterocycles. The maximum absolute atomic E-state index is 9.23. The molecule has 0 saturated carbocycles. The summed E-state index contributed by atoms with van der Waals surface area (Å²) in [4.78, 5) is 15.2. The van der Waals surface area contributed by atoms with Gasteiger partial charge in [0.25, 0.3) is 0 Å². The highest BCUT2D eigenvalue weighted by Gasteiger charge is 2.19. The Balaban J connectivity index is 1.18. The van der Waals surface area contributed by atoms with Crippen LogP contribution in [0.15, 0.2) is 194 Å². The number of rotatable bonds is 6. The quantitative estimate of drug-likeness (QED) is 0.170. The lowest BCUT2D eigenvalue weighted by Gasteiger charge is -2.16. The summed E-state index contributed by atoms with van der Waals surface area (Å²) in [5, 5.41) is 2.41. The van der Waals surface area contributed by atoms with Crippen molar-refractivity contribution >= 4 is 53.3 Å². The highest BCUT2D eigenvalue weighted by atomic mass is 32.1. The molecular weight excluding hydrogens is 701 g/mol. The third kappa shape index (κ3) is 5.40. The maximum atomic E-state index is 9.23. The van der Waals surface area contributed by atoms with Gasteiger partial charge in [0, 0.05) is 53.2 Å². The van der Waals surface area contributed by atoms with E-state index in [0.29, 0.717) is 34.3 Å². The number of benzene rings is 8. The average molecular weight is 741 g/mol. The fraction of sp³-hybridized carbons (Fsp3) is 0. The van der Waals surface area contributed by atoms with E-state index in [4.69, 9.17) is 23.2 Å². The van der Waals surface area contributed by atoms with Gasteiger partial charge in [-0.05, 0) is 47.0 Å². The summed E-state index contributed by atoms with van der Waals surface area (Å²) in [6, 6.07) is 44.1. The van der Waals surface area contributed by atoms with Crippen LogP contribution in [0.4, 0.5) is 0 Å². The minimum absolute atomic E-state index is 0.00236. The Hall–Kier alpha value is -7.21. The smallest absolute Gasteiger partial charge is 0.164 e. The molecule has 4 nitrogen and oxygen atoms in total. The maximum Gasteiger partial charge on any atom is 0.164 e. The molecule has 8 aromatic carbocycles. The summed E-state index contributed by atoms with van der Waals surface area (Å²) in [7, 11) is 0. The number of para-hydroxylation sites is 2. The van der Waals surface area contributed by atoms with E-state index in [0.717, 1.165) is 27.8 Å². The van der Waals surface area contributed by atoms with Gasteiger partial charge in [-0.3, -0.25) is 0 Å². The molecule has 56 heavy (non-hydrogen) atoms. The molecule has 0 N–H and O–H groups in total. The molecule has 262 valence electrons. The molecule has 3 aromatic heterocycles. The number of aromatic nitrogens is 4. The van der Waals surface area contributed by atoms with Crippen molar-refractivity contribution in [3.8, 4) is 62.1 Å². The molecule has 11 rings (SSSR count). The lowest BCUT2D eigenvalue weighted by Crippen LogP contribution is -2.02. The fourth-order valence-corrected chi connectivity index (χ4v) is 8.77. The first-order valence-electron chi connectivity index (χ1n) is 22.1. The van der Waals surface area contributed by atoms with Crippen molar-refractivity contribution in [2.45, 2.75) is 0 Å². The van der Waals surface area contributed by atoms with E-state index in [2.05, 4.69) is 54.6 Å². The van der Waals surface area contributed by atoms with E-state index in [1.54, 1.807) is 15.9 Å². The van der Waals surface area contributed by atoms with E-state index < -0.39 is 36.3 Å². The van der Waals surface area contributed by atoms with Crippen LogP contribution in [-0.2, 0) is 0 Å². The minimum Gasteiger partial charge on any atom is -0.309 e. The Labute approximate surface area is 338 Å². The summed E-state index contributed by atoms with van der Waals surface area (Å²) in [6.07, 6.45) is 0. The van der Waals surface area contributed by atoms with Gasteiger partial charge in [0.05, 0.1) is 27.7 Å². The van der Waals surface area contributed by atoms with Gasteiger partial charge < -0.3 is 4.57 Å². The average Bonchev–Trinajstić information content (AvgIpc) is 3.91. The van der Waals surface area contributed by atoms with Gasteiger partial charge in [-0.25, -0.2) is 15.0 Å². The zero-order chi connectivity index (χ0) is 44.0. The number of hydrogen-bond acceptors (Lipinski definition) is 4. The molecule has 0 fully saturated rings. The van der Waals surface area contributed by atoms with E-state index in [9.17, 15) is 2.74 Å². The Bertz CT molecular complexity index is 3640. The molecular formula is C51H32N4S. The Morgan fingerprint density at radius 3 is 1.70 bits per heavy atom. The van der Waals surface area contributed by atoms with Crippen LogP contribution in [0.2, 0.25) is 0 Å². The van der Waals surface area contributed by atoms with Crippen LogP contribution in [0.5, 0.6) is 0 Å². The van der Waals surface area contributed by atoms with Gasteiger partial charge in [-0.1, -0.05) is 164 Å². The van der Waals surface area contributed by atoms with Crippen LogP contribution < -0.4 is 0 Å². The van der Waals surface area contributed by atoms with Crippen molar-refractivity contribution in [3.05, 3.63) is 194 Å². The van der Waals surface area contributed by atoms with Gasteiger partial charge in [-0.15, -0.1) is 11.3 Å². The summed E-state index contributed by atoms with van der Waals surface area (Å²) < 4.78 is 75.1. The highest BCUT2D eigenvalue weighted by molar-refractivity contribution is 7.26. The summed E-state index contributed by atoms with van der Waals surface area (Å²) >= 11 is 1.76. The van der Waals surface area contributed by atoms with E-state index in [-0.39, 0.29) is 33.9 Å². The fourth-order valence-electron chi connectivity index (χ4n) is 7.53. The predicted molar refractivity (Wildman–Crippen MR) is 234 cm³/mol. The Morgan fingerprint density at radius 1 is 0.411 bits per heavy atom. The number of thiophene rings is 1. The number of nitrogens with zero attached hydrogens (tertiary/aromatic N) is 4. The summed E-state index contributed by atoms with van der Waals surface area (Å²) in [6.45, 7) is 0. The third-order valence-corrected chi connectivity index (χ3v) is 11.3. The SMILES string of the molecule is [2H]c1c([2H])c([2H])c2c(c1[2H])c1c([2H])c([2H])c([2H])c([2H])c1n2-c1cc(-c2nc(-c3ccccc3)nc(-c3cccc(-c4cccc5c4sc4ccccc45)c3)n2)ccc1-c1ccccc1. The van der Waals surface area contributed by atoms with E-state index >= 15 is 0 Å². The molecule has 0 bridgehead atoms. The lowest BCUT2D eigenvalue weighted by atomic mass is 10.00. The lowest BCUT2D eigenvalue weighted by molar-refractivity contribution is 1.07. The van der Waals surface area contributed by atoms with Crippen molar-refractivity contribution in [3.63, 3.8) is 0 Å². The molecule has 0 aliphatic heterocycles. The zero-order valence-corrected chi connectivity index (χ0v) is 30.4. The van der Waals surface area contributed by atoms with Crippen molar-refractivity contribution < 1.29 is 11.0 Å². The zero-order valence-electron chi connectivity index (χ0n) is 37.6. The van der Waals surface area contributed by atoms with Gasteiger partial charge >= 0.3 is 0 Å². The second kappa shape index (κ2) is 13.3. The van der Waals surface area contributed by atoms with Crippen LogP contribution in [0, 0.1) is 0 Å². The topological polar surface area (TPSA) is 43.6 Å². The van der Waals surface area contributed by atoms with Crippen LogP contribution >= 0.6 is 11.3 Å². The first-order chi connectivity index (χ1) is 31.1. The van der Waals surface area contributed by atoms with Crippen LogP contribution in [0.3, 0.4) is 0 Å². The normalized spacial score (nSPS) is 13.6. The van der Waals surface area contributed by atoms with Crippen molar-refractivity contribution in [2.24, 2.45) is 0 Å². The molecule has 0 radical (unpaired) electrons. The Morgan fingerprint density at radius 2 is 0.964 bits per heavy atom. The molecule has 0 aliphatic carbocycles. The van der Waals surface area contributed by atoms with Gasteiger partial charge in [0.15, 0.2) is 17.5 Å². The predicted octanol–water partition coefficient (Wildman–Crippen LogP) is 13.7. The van der Waals surface area contributed by atoms with Gasteiger partial charge in [0.1, 0.15) is 0 Å². The van der Waals surface area contributed by atoms with Crippen LogP contribution in [0.25, 0.3) is 104 Å². The molecule has 5 heteroatoms. The van der Waals surface area contributed by atoms with E-state index in [1.807, 2.05) is 91.0 Å². The molecule has 0 aliphatic rings. The summed E-state index contributed by atoms with van der Waals surface area (Å²) in [5.74, 6) is 1.20. The number of hydrogen-bond donors (Lipinski definition) is 0. The standard InChI is InChI=1S/C51H32N4S/c1-3-15-33(16-4-1)38-30-29-37(32-46(38)55-44-26-10-7-21-40(44)41-22-8-11-27-45(41)55)51-53-49(34-17-5-2-6-18-34)52-50(54-51)36-20-13-19-35(31-36)39-24-14-25-43-42-23-9-12-28-47(42)56-48(39)43/h1-32H/i7D,8D,10D,11D,21D,22D,26D,27D. The first kappa shape index (κ1) is 25.0. The second-order valence-electron chi connectivity index (χ2n) is 13.4. The molecule has 0 atom stereocenters. The van der Waals surface area contributed by atoms with Crippen LogP contribution in [-0.4, -0.2) is 19.5 Å². The van der Waals surface area contributed by atoms with Gasteiger partial charge in [0.2, 0.25) is 0 Å². The molecule has 0 amide bonds. The second-order valence-corrected chi connectivity index (χ2v) is 14.5. The monoisotopic (exact) mass is 740 g/mol. The molecule has 3 heterocycles. The van der Waals surface area contributed by atoms with E-state index in [1.165, 1.54) is 20.2 Å². The minimum atomic E-state index is -0.503. The van der Waals surface area contributed by atoms with Gasteiger partial charge in [-0.2, -0.15) is 0 Å². The van der Waals surface area contributed by atoms with Crippen molar-refractivity contribution in [2.75, 3.05) is 0 Å². The summed E-state index contributed by atoms with van der Waals surface area (Å²) in [5.41, 5.74) is 6.05. The van der Waals surface area contributed by atoms with Crippen molar-refractivity contribution in [1.29, 1.82) is 0 Å².